The van der Waals surface area contributed by atoms with Crippen LogP contribution in [0.15, 0.2) is 11.4 Å². The molecule has 0 spiro atoms. The maximum atomic E-state index is 12.3. The van der Waals surface area contributed by atoms with Crippen LogP contribution in [0.1, 0.15) is 28.6 Å². The number of rotatable bonds is 3. The Morgan fingerprint density at radius 1 is 1.67 bits per heavy atom. The van der Waals surface area contributed by atoms with Gasteiger partial charge in [0.2, 0.25) is 0 Å². The molecule has 1 aromatic rings. The van der Waals surface area contributed by atoms with E-state index in [0.717, 1.165) is 18.0 Å². The number of hydrogen-bond acceptors (Lipinski definition) is 3. The lowest BCUT2D eigenvalue weighted by atomic mass is 10.2. The van der Waals surface area contributed by atoms with Crippen molar-refractivity contribution in [1.29, 1.82) is 0 Å². The predicted molar refractivity (Wildman–Crippen MR) is 72.5 cm³/mol. The summed E-state index contributed by atoms with van der Waals surface area (Å²) in [5.74, 6) is 6.85. The lowest BCUT2D eigenvalue weighted by Gasteiger charge is -2.16. The van der Waals surface area contributed by atoms with Gasteiger partial charge in [0.25, 0.3) is 5.91 Å². The Morgan fingerprint density at radius 2 is 2.39 bits per heavy atom. The monoisotopic (exact) mass is 263 g/mol. The van der Waals surface area contributed by atoms with Gasteiger partial charge in [-0.1, -0.05) is 18.8 Å². The van der Waals surface area contributed by atoms with Crippen molar-refractivity contribution in [3.63, 3.8) is 0 Å². The van der Waals surface area contributed by atoms with E-state index >= 15 is 0 Å². The Hall–Kier alpha value is -1.31. The van der Waals surface area contributed by atoms with Crippen molar-refractivity contribution in [3.05, 3.63) is 21.9 Å². The van der Waals surface area contributed by atoms with Gasteiger partial charge in [0.15, 0.2) is 0 Å². The zero-order valence-electron chi connectivity index (χ0n) is 10.6. The average Bonchev–Trinajstić information content (AvgIpc) is 2.88. The van der Waals surface area contributed by atoms with Crippen molar-refractivity contribution < 1.29 is 9.90 Å². The van der Waals surface area contributed by atoms with Gasteiger partial charge in [-0.2, -0.15) is 0 Å². The van der Waals surface area contributed by atoms with Gasteiger partial charge >= 0.3 is 0 Å². The van der Waals surface area contributed by atoms with Crippen LogP contribution in [-0.2, 0) is 0 Å². The molecule has 1 amide bonds. The minimum Gasteiger partial charge on any atom is -0.384 e. The third-order valence-electron chi connectivity index (χ3n) is 3.29. The first-order valence-corrected chi connectivity index (χ1v) is 6.94. The smallest absolute Gasteiger partial charge is 0.264 e. The average molecular weight is 263 g/mol. The number of amides is 1. The largest absolute Gasteiger partial charge is 0.384 e. The molecule has 0 saturated heterocycles. The molecule has 1 saturated carbocycles. The SMILES string of the molecule is CC1CC1CN(C)C(=O)c1sccc1C#CCO. The van der Waals surface area contributed by atoms with E-state index in [0.29, 0.717) is 10.8 Å². The molecule has 2 atom stereocenters. The zero-order valence-corrected chi connectivity index (χ0v) is 11.5. The lowest BCUT2D eigenvalue weighted by molar-refractivity contribution is 0.0791. The Labute approximate surface area is 111 Å². The molecule has 1 aliphatic carbocycles. The first-order valence-electron chi connectivity index (χ1n) is 6.06. The van der Waals surface area contributed by atoms with Gasteiger partial charge < -0.3 is 10.0 Å². The van der Waals surface area contributed by atoms with Crippen LogP contribution >= 0.6 is 11.3 Å². The van der Waals surface area contributed by atoms with Crippen LogP contribution in [0.25, 0.3) is 0 Å². The summed E-state index contributed by atoms with van der Waals surface area (Å²) in [7, 11) is 1.84. The number of aliphatic hydroxyl groups is 1. The fourth-order valence-electron chi connectivity index (χ4n) is 1.97. The van der Waals surface area contributed by atoms with Crippen LogP contribution in [0, 0.1) is 23.7 Å². The molecule has 4 heteroatoms. The van der Waals surface area contributed by atoms with Crippen LogP contribution in [0.3, 0.4) is 0 Å². The fourth-order valence-corrected chi connectivity index (χ4v) is 2.81. The number of hydrogen-bond donors (Lipinski definition) is 1. The summed E-state index contributed by atoms with van der Waals surface area (Å²) in [4.78, 5) is 14.7. The lowest BCUT2D eigenvalue weighted by Crippen LogP contribution is -2.28. The number of nitrogens with zero attached hydrogens (tertiary/aromatic N) is 1. The topological polar surface area (TPSA) is 40.5 Å². The van der Waals surface area contributed by atoms with Crippen LogP contribution in [0.2, 0.25) is 0 Å². The molecular weight excluding hydrogens is 246 g/mol. The molecule has 0 aliphatic heterocycles. The molecular formula is C14H17NO2S. The van der Waals surface area contributed by atoms with Crippen LogP contribution < -0.4 is 0 Å². The van der Waals surface area contributed by atoms with Crippen LogP contribution in [0.4, 0.5) is 0 Å². The summed E-state index contributed by atoms with van der Waals surface area (Å²) in [6, 6.07) is 1.83. The molecule has 2 unspecified atom stereocenters. The van der Waals surface area contributed by atoms with E-state index in [1.807, 2.05) is 18.5 Å². The minimum absolute atomic E-state index is 0.0336. The number of carbonyl (C=O) groups is 1. The second-order valence-corrected chi connectivity index (χ2v) is 5.70. The molecule has 1 fully saturated rings. The van der Waals surface area contributed by atoms with Crippen molar-refractivity contribution in [2.45, 2.75) is 13.3 Å². The van der Waals surface area contributed by atoms with E-state index in [2.05, 4.69) is 18.8 Å². The van der Waals surface area contributed by atoms with Crippen LogP contribution in [0.5, 0.6) is 0 Å². The minimum atomic E-state index is -0.182. The molecule has 2 rings (SSSR count). The van der Waals surface area contributed by atoms with E-state index < -0.39 is 0 Å². The highest BCUT2D eigenvalue weighted by Crippen LogP contribution is 2.38. The summed E-state index contributed by atoms with van der Waals surface area (Å²) in [5, 5.41) is 10.6. The Bertz CT molecular complexity index is 497. The molecule has 1 aromatic heterocycles. The fraction of sp³-hybridized carbons (Fsp3) is 0.500. The summed E-state index contributed by atoms with van der Waals surface area (Å²) in [6.45, 7) is 2.86. The third-order valence-corrected chi connectivity index (χ3v) is 4.20. The van der Waals surface area contributed by atoms with E-state index in [9.17, 15) is 4.79 Å². The number of thiophene rings is 1. The first-order chi connectivity index (χ1) is 8.63. The Balaban J connectivity index is 2.05. The molecule has 18 heavy (non-hydrogen) atoms. The number of aliphatic hydroxyl groups excluding tert-OH is 1. The van der Waals surface area contributed by atoms with Gasteiger partial charge in [0.1, 0.15) is 11.5 Å². The summed E-state index contributed by atoms with van der Waals surface area (Å²) >= 11 is 1.41. The van der Waals surface area contributed by atoms with E-state index in [1.165, 1.54) is 17.8 Å². The standard InChI is InChI=1S/C14H17NO2S/c1-10-8-12(10)9-15(2)14(17)13-11(4-3-6-16)5-7-18-13/h5,7,10,12,16H,6,8-9H2,1-2H3. The van der Waals surface area contributed by atoms with E-state index in [1.54, 1.807) is 4.90 Å². The zero-order chi connectivity index (χ0) is 13.1. The Morgan fingerprint density at radius 3 is 3.00 bits per heavy atom. The highest BCUT2D eigenvalue weighted by molar-refractivity contribution is 7.12. The van der Waals surface area contributed by atoms with Gasteiger partial charge in [-0.25, -0.2) is 0 Å². The van der Waals surface area contributed by atoms with Crippen molar-refractivity contribution in [2.75, 3.05) is 20.2 Å². The maximum absolute atomic E-state index is 12.3. The molecule has 1 N–H and O–H groups in total. The summed E-state index contributed by atoms with van der Waals surface area (Å²) in [5.41, 5.74) is 0.717. The van der Waals surface area contributed by atoms with Crippen LogP contribution in [-0.4, -0.2) is 36.1 Å². The van der Waals surface area contributed by atoms with Crippen molar-refractivity contribution >= 4 is 17.2 Å². The third kappa shape index (κ3) is 2.92. The van der Waals surface area contributed by atoms with Gasteiger partial charge in [0.05, 0.1) is 0 Å². The van der Waals surface area contributed by atoms with Gasteiger partial charge in [-0.15, -0.1) is 11.3 Å². The molecule has 1 heterocycles. The predicted octanol–water partition coefficient (Wildman–Crippen LogP) is 1.82. The quantitative estimate of drug-likeness (QED) is 0.845. The Kier molecular flexibility index (Phi) is 4.05. The highest BCUT2D eigenvalue weighted by atomic mass is 32.1. The molecule has 0 aromatic carbocycles. The van der Waals surface area contributed by atoms with Gasteiger partial charge in [-0.05, 0) is 29.7 Å². The van der Waals surface area contributed by atoms with Crippen molar-refractivity contribution in [3.8, 4) is 11.8 Å². The normalized spacial score (nSPS) is 21.1. The molecule has 0 bridgehead atoms. The molecule has 3 nitrogen and oxygen atoms in total. The van der Waals surface area contributed by atoms with Crippen molar-refractivity contribution in [1.82, 2.24) is 4.90 Å². The number of carbonyl (C=O) groups excluding carboxylic acids is 1. The summed E-state index contributed by atoms with van der Waals surface area (Å²) < 4.78 is 0. The van der Waals surface area contributed by atoms with Gasteiger partial charge in [-0.3, -0.25) is 4.79 Å². The van der Waals surface area contributed by atoms with Gasteiger partial charge in [0, 0.05) is 19.2 Å². The van der Waals surface area contributed by atoms with E-state index in [4.69, 9.17) is 5.11 Å². The van der Waals surface area contributed by atoms with Crippen molar-refractivity contribution in [2.24, 2.45) is 11.8 Å². The second kappa shape index (κ2) is 5.55. The molecule has 0 radical (unpaired) electrons. The highest BCUT2D eigenvalue weighted by Gasteiger charge is 2.34. The maximum Gasteiger partial charge on any atom is 0.264 e. The first kappa shape index (κ1) is 13.1. The van der Waals surface area contributed by atoms with E-state index in [-0.39, 0.29) is 12.5 Å². The molecule has 96 valence electrons. The molecule has 1 aliphatic rings. The summed E-state index contributed by atoms with van der Waals surface area (Å²) in [6.07, 6.45) is 1.22. The second-order valence-electron chi connectivity index (χ2n) is 4.78.